The van der Waals surface area contributed by atoms with E-state index < -0.39 is 0 Å². The molecule has 1 fully saturated rings. The van der Waals surface area contributed by atoms with E-state index in [2.05, 4.69) is 14.3 Å². The van der Waals surface area contributed by atoms with Crippen LogP contribution in [0.3, 0.4) is 0 Å². The standard InChI is InChI=1S/C8H12ClN3S/c9-3-1-7-2-4-12(5-7)8-10-6-11-13-8/h6-7H,1-5H2. The van der Waals surface area contributed by atoms with E-state index in [0.29, 0.717) is 0 Å². The van der Waals surface area contributed by atoms with Gasteiger partial charge in [0, 0.05) is 30.5 Å². The Hall–Kier alpha value is -0.350. The highest BCUT2D eigenvalue weighted by atomic mass is 35.5. The summed E-state index contributed by atoms with van der Waals surface area (Å²) >= 11 is 7.18. The maximum atomic E-state index is 5.71. The Morgan fingerprint density at radius 3 is 3.31 bits per heavy atom. The summed E-state index contributed by atoms with van der Waals surface area (Å²) in [5.41, 5.74) is 0. The summed E-state index contributed by atoms with van der Waals surface area (Å²) in [7, 11) is 0. The van der Waals surface area contributed by atoms with E-state index in [9.17, 15) is 0 Å². The molecule has 72 valence electrons. The van der Waals surface area contributed by atoms with Crippen molar-refractivity contribution >= 4 is 28.3 Å². The molecule has 13 heavy (non-hydrogen) atoms. The molecule has 1 aliphatic rings. The molecule has 1 aliphatic heterocycles. The summed E-state index contributed by atoms with van der Waals surface area (Å²) in [5.74, 6) is 1.52. The van der Waals surface area contributed by atoms with Crippen LogP contribution in [0.25, 0.3) is 0 Å². The number of anilines is 1. The molecule has 3 nitrogen and oxygen atoms in total. The van der Waals surface area contributed by atoms with Gasteiger partial charge in [0.05, 0.1) is 0 Å². The zero-order chi connectivity index (χ0) is 9.10. The van der Waals surface area contributed by atoms with Crippen molar-refractivity contribution in [2.45, 2.75) is 12.8 Å². The van der Waals surface area contributed by atoms with Crippen LogP contribution in [-0.4, -0.2) is 28.3 Å². The molecule has 5 heteroatoms. The Morgan fingerprint density at radius 2 is 2.62 bits per heavy atom. The van der Waals surface area contributed by atoms with Crippen LogP contribution in [0, 0.1) is 5.92 Å². The van der Waals surface area contributed by atoms with Gasteiger partial charge in [0.2, 0.25) is 5.13 Å². The molecule has 0 spiro atoms. The minimum Gasteiger partial charge on any atom is -0.347 e. The van der Waals surface area contributed by atoms with Crippen LogP contribution in [0.2, 0.25) is 0 Å². The Bertz CT molecular complexity index is 252. The van der Waals surface area contributed by atoms with Gasteiger partial charge in [0.25, 0.3) is 0 Å². The molecular formula is C8H12ClN3S. The van der Waals surface area contributed by atoms with Crippen LogP contribution in [0.5, 0.6) is 0 Å². The average Bonchev–Trinajstić information content (AvgIpc) is 2.70. The molecule has 0 aliphatic carbocycles. The second-order valence-electron chi connectivity index (χ2n) is 3.30. The molecule has 2 heterocycles. The number of halogens is 1. The Balaban J connectivity index is 1.91. The first-order valence-electron chi connectivity index (χ1n) is 4.47. The van der Waals surface area contributed by atoms with E-state index in [0.717, 1.165) is 36.4 Å². The Kier molecular flexibility index (Phi) is 3.01. The quantitative estimate of drug-likeness (QED) is 0.726. The van der Waals surface area contributed by atoms with Crippen LogP contribution in [-0.2, 0) is 0 Å². The Labute approximate surface area is 86.9 Å². The van der Waals surface area contributed by atoms with Crippen molar-refractivity contribution in [2.24, 2.45) is 5.92 Å². The number of hydrogen-bond acceptors (Lipinski definition) is 4. The second-order valence-corrected chi connectivity index (χ2v) is 4.44. The average molecular weight is 218 g/mol. The summed E-state index contributed by atoms with van der Waals surface area (Å²) in [6.45, 7) is 2.21. The van der Waals surface area contributed by atoms with Crippen molar-refractivity contribution in [2.75, 3.05) is 23.9 Å². The van der Waals surface area contributed by atoms with Crippen molar-refractivity contribution < 1.29 is 0 Å². The van der Waals surface area contributed by atoms with Gasteiger partial charge in [0.1, 0.15) is 6.33 Å². The third-order valence-electron chi connectivity index (χ3n) is 2.42. The fourth-order valence-corrected chi connectivity index (χ4v) is 2.58. The summed E-state index contributed by atoms with van der Waals surface area (Å²) in [4.78, 5) is 6.49. The van der Waals surface area contributed by atoms with Gasteiger partial charge in [-0.15, -0.1) is 11.6 Å². The normalized spacial score (nSPS) is 22.5. The number of aromatic nitrogens is 2. The maximum Gasteiger partial charge on any atom is 0.204 e. The third-order valence-corrected chi connectivity index (χ3v) is 3.37. The molecule has 1 unspecified atom stereocenters. The number of nitrogens with zero attached hydrogens (tertiary/aromatic N) is 3. The number of alkyl halides is 1. The number of hydrogen-bond donors (Lipinski definition) is 0. The minimum atomic E-state index is 0.751. The van der Waals surface area contributed by atoms with Gasteiger partial charge in [-0.25, -0.2) is 4.98 Å². The smallest absolute Gasteiger partial charge is 0.204 e. The van der Waals surface area contributed by atoms with Crippen molar-refractivity contribution in [3.8, 4) is 0 Å². The molecule has 0 radical (unpaired) electrons. The molecular weight excluding hydrogens is 206 g/mol. The molecule has 1 aromatic rings. The van der Waals surface area contributed by atoms with Crippen LogP contribution in [0.4, 0.5) is 5.13 Å². The fourth-order valence-electron chi connectivity index (χ4n) is 1.70. The molecule has 0 N–H and O–H groups in total. The lowest BCUT2D eigenvalue weighted by molar-refractivity contribution is 0.572. The van der Waals surface area contributed by atoms with Crippen LogP contribution >= 0.6 is 23.1 Å². The molecule has 0 saturated carbocycles. The van der Waals surface area contributed by atoms with Crippen molar-refractivity contribution in [3.05, 3.63) is 6.33 Å². The SMILES string of the molecule is ClCCC1CCN(c2ncns2)C1. The highest BCUT2D eigenvalue weighted by Gasteiger charge is 2.23. The van der Waals surface area contributed by atoms with Crippen LogP contribution < -0.4 is 4.90 Å². The summed E-state index contributed by atoms with van der Waals surface area (Å²) in [5, 5.41) is 1.05. The van der Waals surface area contributed by atoms with Crippen LogP contribution in [0.1, 0.15) is 12.8 Å². The molecule has 2 rings (SSSR count). The van der Waals surface area contributed by atoms with E-state index >= 15 is 0 Å². The van der Waals surface area contributed by atoms with Gasteiger partial charge < -0.3 is 4.90 Å². The van der Waals surface area contributed by atoms with Gasteiger partial charge in [0.15, 0.2) is 0 Å². The summed E-state index contributed by atoms with van der Waals surface area (Å²) in [6, 6.07) is 0. The van der Waals surface area contributed by atoms with Crippen molar-refractivity contribution in [1.82, 2.24) is 9.36 Å². The minimum absolute atomic E-state index is 0.751. The lowest BCUT2D eigenvalue weighted by Crippen LogP contribution is -2.19. The van der Waals surface area contributed by atoms with Gasteiger partial charge in [-0.05, 0) is 18.8 Å². The first kappa shape index (κ1) is 9.21. The highest BCUT2D eigenvalue weighted by molar-refractivity contribution is 7.09. The second kappa shape index (κ2) is 4.24. The molecule has 0 amide bonds. The van der Waals surface area contributed by atoms with Gasteiger partial charge >= 0.3 is 0 Å². The summed E-state index contributed by atoms with van der Waals surface area (Å²) in [6.07, 6.45) is 3.98. The maximum absolute atomic E-state index is 5.71. The molecule has 1 aromatic heterocycles. The Morgan fingerprint density at radius 1 is 1.69 bits per heavy atom. The fraction of sp³-hybridized carbons (Fsp3) is 0.750. The van der Waals surface area contributed by atoms with Gasteiger partial charge in [-0.3, -0.25) is 0 Å². The van der Waals surface area contributed by atoms with E-state index in [1.54, 1.807) is 6.33 Å². The predicted molar refractivity (Wildman–Crippen MR) is 55.6 cm³/mol. The lowest BCUT2D eigenvalue weighted by atomic mass is 10.1. The lowest BCUT2D eigenvalue weighted by Gasteiger charge is -2.13. The molecule has 0 aromatic carbocycles. The third kappa shape index (κ3) is 2.11. The highest BCUT2D eigenvalue weighted by Crippen LogP contribution is 2.25. The summed E-state index contributed by atoms with van der Waals surface area (Å²) < 4.78 is 4.00. The zero-order valence-electron chi connectivity index (χ0n) is 7.32. The molecule has 0 bridgehead atoms. The number of rotatable bonds is 3. The van der Waals surface area contributed by atoms with Crippen molar-refractivity contribution in [3.63, 3.8) is 0 Å². The van der Waals surface area contributed by atoms with Gasteiger partial charge in [-0.2, -0.15) is 4.37 Å². The zero-order valence-corrected chi connectivity index (χ0v) is 8.89. The van der Waals surface area contributed by atoms with E-state index in [-0.39, 0.29) is 0 Å². The largest absolute Gasteiger partial charge is 0.347 e. The van der Waals surface area contributed by atoms with Gasteiger partial charge in [-0.1, -0.05) is 0 Å². The monoisotopic (exact) mass is 217 g/mol. The molecule has 1 atom stereocenters. The van der Waals surface area contributed by atoms with Crippen molar-refractivity contribution in [1.29, 1.82) is 0 Å². The van der Waals surface area contributed by atoms with Crippen LogP contribution in [0.15, 0.2) is 6.33 Å². The predicted octanol–water partition coefficient (Wildman–Crippen LogP) is 1.99. The van der Waals surface area contributed by atoms with E-state index in [1.165, 1.54) is 18.0 Å². The molecule has 1 saturated heterocycles. The first-order valence-corrected chi connectivity index (χ1v) is 5.78. The first-order chi connectivity index (χ1) is 6.40. The van der Waals surface area contributed by atoms with E-state index in [1.807, 2.05) is 0 Å². The topological polar surface area (TPSA) is 29.0 Å². The van der Waals surface area contributed by atoms with E-state index in [4.69, 9.17) is 11.6 Å².